The van der Waals surface area contributed by atoms with E-state index < -0.39 is 0 Å². The van der Waals surface area contributed by atoms with Crippen LogP contribution < -0.4 is 0 Å². The largest absolute Gasteiger partial charge is 0.395 e. The highest BCUT2D eigenvalue weighted by Gasteiger charge is 2.03. The first-order valence-electron chi connectivity index (χ1n) is 4.69. The van der Waals surface area contributed by atoms with Gasteiger partial charge in [-0.25, -0.2) is 4.39 Å². The number of aliphatic hydroxyl groups excluding tert-OH is 1. The lowest BCUT2D eigenvalue weighted by Gasteiger charge is -2.18. The maximum absolute atomic E-state index is 12.8. The van der Waals surface area contributed by atoms with Gasteiger partial charge in [0, 0.05) is 19.3 Å². The number of hydrogen-bond donors (Lipinski definition) is 1. The summed E-state index contributed by atoms with van der Waals surface area (Å²) in [6.45, 7) is 4.19. The Bertz CT molecular complexity index is 281. The molecule has 1 aromatic rings. The van der Waals surface area contributed by atoms with E-state index in [9.17, 15) is 4.39 Å². The second kappa shape index (κ2) is 5.67. The molecule has 14 heavy (non-hydrogen) atoms. The van der Waals surface area contributed by atoms with E-state index >= 15 is 0 Å². The molecule has 0 aliphatic rings. The zero-order chi connectivity index (χ0) is 10.4. The van der Waals surface area contributed by atoms with Crippen molar-refractivity contribution >= 4 is 0 Å². The maximum Gasteiger partial charge on any atom is 0.141 e. The zero-order valence-electron chi connectivity index (χ0n) is 8.28. The van der Waals surface area contributed by atoms with Crippen molar-refractivity contribution in [1.82, 2.24) is 9.88 Å². The third-order valence-corrected chi connectivity index (χ3v) is 2.03. The van der Waals surface area contributed by atoms with Crippen LogP contribution in [0.1, 0.15) is 12.5 Å². The number of aliphatic hydroxyl groups is 1. The number of rotatable bonds is 5. The summed E-state index contributed by atoms with van der Waals surface area (Å²) in [5.41, 5.74) is 0.834. The monoisotopic (exact) mass is 198 g/mol. The van der Waals surface area contributed by atoms with Crippen molar-refractivity contribution in [2.45, 2.75) is 13.5 Å². The van der Waals surface area contributed by atoms with E-state index in [0.717, 1.165) is 12.1 Å². The Morgan fingerprint density at radius 2 is 2.29 bits per heavy atom. The van der Waals surface area contributed by atoms with Crippen LogP contribution in [0.5, 0.6) is 0 Å². The average molecular weight is 198 g/mol. The first-order valence-corrected chi connectivity index (χ1v) is 4.69. The minimum atomic E-state index is -0.317. The number of hydrogen-bond acceptors (Lipinski definition) is 3. The van der Waals surface area contributed by atoms with Crippen molar-refractivity contribution in [3.05, 3.63) is 29.8 Å². The Morgan fingerprint density at radius 3 is 2.86 bits per heavy atom. The van der Waals surface area contributed by atoms with E-state index in [4.69, 9.17) is 5.11 Å². The lowest BCUT2D eigenvalue weighted by molar-refractivity contribution is 0.196. The van der Waals surface area contributed by atoms with Crippen LogP contribution in [0.3, 0.4) is 0 Å². The predicted octanol–water partition coefficient (Wildman–Crippen LogP) is 1.03. The molecule has 0 amide bonds. The van der Waals surface area contributed by atoms with Crippen molar-refractivity contribution < 1.29 is 9.50 Å². The molecule has 0 aromatic carbocycles. The van der Waals surface area contributed by atoms with Crippen LogP contribution in [0.2, 0.25) is 0 Å². The molecule has 0 saturated heterocycles. The molecule has 0 fully saturated rings. The molecule has 0 atom stereocenters. The van der Waals surface area contributed by atoms with E-state index in [1.165, 1.54) is 12.3 Å². The fraction of sp³-hybridized carbons (Fsp3) is 0.500. The number of likely N-dealkylation sites (N-methyl/N-ethyl adjacent to an activating group) is 1. The molecule has 1 heterocycles. The molecular formula is C10H15FN2O. The molecule has 0 aliphatic carbocycles. The number of halogens is 1. The summed E-state index contributed by atoms with van der Waals surface area (Å²) < 4.78 is 12.8. The van der Waals surface area contributed by atoms with Gasteiger partial charge in [0.05, 0.1) is 12.8 Å². The van der Waals surface area contributed by atoms with E-state index in [-0.39, 0.29) is 12.4 Å². The molecule has 3 nitrogen and oxygen atoms in total. The molecule has 0 spiro atoms. The fourth-order valence-corrected chi connectivity index (χ4v) is 1.29. The minimum Gasteiger partial charge on any atom is -0.395 e. The van der Waals surface area contributed by atoms with E-state index in [1.807, 2.05) is 11.8 Å². The quantitative estimate of drug-likeness (QED) is 0.767. The molecule has 0 bridgehead atoms. The maximum atomic E-state index is 12.8. The number of aromatic nitrogens is 1. The first kappa shape index (κ1) is 11.1. The van der Waals surface area contributed by atoms with Gasteiger partial charge in [0.15, 0.2) is 0 Å². The molecule has 0 radical (unpaired) electrons. The standard InChI is InChI=1S/C10H15FN2O/c1-2-13(3-4-14)8-9-5-10(11)7-12-6-9/h5-7,14H,2-4,8H2,1H3. The average Bonchev–Trinajstić information content (AvgIpc) is 2.17. The SMILES string of the molecule is CCN(CCO)Cc1cncc(F)c1. The summed E-state index contributed by atoms with van der Waals surface area (Å²) >= 11 is 0. The summed E-state index contributed by atoms with van der Waals surface area (Å²) in [5.74, 6) is -0.317. The van der Waals surface area contributed by atoms with Crippen LogP contribution in [-0.2, 0) is 6.54 Å². The Kier molecular flexibility index (Phi) is 4.49. The van der Waals surface area contributed by atoms with Crippen LogP contribution >= 0.6 is 0 Å². The van der Waals surface area contributed by atoms with Gasteiger partial charge in [0.1, 0.15) is 5.82 Å². The van der Waals surface area contributed by atoms with Crippen LogP contribution in [0.4, 0.5) is 4.39 Å². The first-order chi connectivity index (χ1) is 6.76. The van der Waals surface area contributed by atoms with Crippen LogP contribution in [0.15, 0.2) is 18.5 Å². The fourth-order valence-electron chi connectivity index (χ4n) is 1.29. The van der Waals surface area contributed by atoms with Gasteiger partial charge in [0.25, 0.3) is 0 Å². The molecule has 0 aliphatic heterocycles. The van der Waals surface area contributed by atoms with Gasteiger partial charge in [-0.2, -0.15) is 0 Å². The van der Waals surface area contributed by atoms with E-state index in [2.05, 4.69) is 4.98 Å². The van der Waals surface area contributed by atoms with Gasteiger partial charge in [0.2, 0.25) is 0 Å². The highest BCUT2D eigenvalue weighted by Crippen LogP contribution is 2.04. The third-order valence-electron chi connectivity index (χ3n) is 2.03. The smallest absolute Gasteiger partial charge is 0.141 e. The molecule has 1 rings (SSSR count). The van der Waals surface area contributed by atoms with Crippen molar-refractivity contribution in [2.75, 3.05) is 19.7 Å². The number of nitrogens with zero attached hydrogens (tertiary/aromatic N) is 2. The highest BCUT2D eigenvalue weighted by molar-refractivity contribution is 5.09. The van der Waals surface area contributed by atoms with Crippen LogP contribution in [-0.4, -0.2) is 34.7 Å². The predicted molar refractivity (Wildman–Crippen MR) is 52.2 cm³/mol. The summed E-state index contributed by atoms with van der Waals surface area (Å²) in [6, 6.07) is 1.47. The summed E-state index contributed by atoms with van der Waals surface area (Å²) in [7, 11) is 0. The molecule has 78 valence electrons. The Balaban J connectivity index is 2.57. The lowest BCUT2D eigenvalue weighted by atomic mass is 10.2. The summed E-state index contributed by atoms with van der Waals surface area (Å²) in [4.78, 5) is 5.79. The lowest BCUT2D eigenvalue weighted by Crippen LogP contribution is -2.26. The molecule has 4 heteroatoms. The highest BCUT2D eigenvalue weighted by atomic mass is 19.1. The molecule has 1 aromatic heterocycles. The van der Waals surface area contributed by atoms with Crippen molar-refractivity contribution in [3.63, 3.8) is 0 Å². The van der Waals surface area contributed by atoms with Crippen LogP contribution in [0, 0.1) is 5.82 Å². The van der Waals surface area contributed by atoms with Crippen molar-refractivity contribution in [1.29, 1.82) is 0 Å². The topological polar surface area (TPSA) is 36.4 Å². The third kappa shape index (κ3) is 3.40. The van der Waals surface area contributed by atoms with Gasteiger partial charge >= 0.3 is 0 Å². The van der Waals surface area contributed by atoms with Gasteiger partial charge in [-0.15, -0.1) is 0 Å². The molecule has 0 saturated carbocycles. The normalized spacial score (nSPS) is 10.9. The van der Waals surface area contributed by atoms with E-state index in [0.29, 0.717) is 13.1 Å². The Labute approximate surface area is 83.2 Å². The summed E-state index contributed by atoms with van der Waals surface area (Å²) in [5, 5.41) is 8.77. The second-order valence-electron chi connectivity index (χ2n) is 3.10. The molecular weight excluding hydrogens is 183 g/mol. The second-order valence-corrected chi connectivity index (χ2v) is 3.10. The summed E-state index contributed by atoms with van der Waals surface area (Å²) in [6.07, 6.45) is 2.83. The van der Waals surface area contributed by atoms with Crippen LogP contribution in [0.25, 0.3) is 0 Å². The number of pyridine rings is 1. The van der Waals surface area contributed by atoms with E-state index in [1.54, 1.807) is 6.20 Å². The molecule has 1 N–H and O–H groups in total. The van der Waals surface area contributed by atoms with Gasteiger partial charge in [-0.3, -0.25) is 9.88 Å². The minimum absolute atomic E-state index is 0.122. The Morgan fingerprint density at radius 1 is 1.50 bits per heavy atom. The molecule has 0 unspecified atom stereocenters. The van der Waals surface area contributed by atoms with Crippen molar-refractivity contribution in [3.8, 4) is 0 Å². The van der Waals surface area contributed by atoms with Crippen molar-refractivity contribution in [2.24, 2.45) is 0 Å². The Hall–Kier alpha value is -1.00. The van der Waals surface area contributed by atoms with Gasteiger partial charge in [-0.1, -0.05) is 6.92 Å². The van der Waals surface area contributed by atoms with Gasteiger partial charge in [-0.05, 0) is 18.2 Å². The zero-order valence-corrected chi connectivity index (χ0v) is 8.28. The van der Waals surface area contributed by atoms with Gasteiger partial charge < -0.3 is 5.11 Å².